The normalized spacial score (nSPS) is 11.0. The zero-order valence-electron chi connectivity index (χ0n) is 17.2. The van der Waals surface area contributed by atoms with Crippen molar-refractivity contribution in [2.45, 2.75) is 20.8 Å². The first kappa shape index (κ1) is 18.9. The number of aromatic nitrogens is 3. The van der Waals surface area contributed by atoms with Crippen LogP contribution in [-0.2, 0) is 7.05 Å². The Balaban J connectivity index is 1.94. The van der Waals surface area contributed by atoms with E-state index in [0.29, 0.717) is 17.8 Å². The number of pyridine rings is 1. The number of hydrogen-bond acceptors (Lipinski definition) is 3. The second-order valence-corrected chi connectivity index (χ2v) is 7.16. The highest BCUT2D eigenvalue weighted by molar-refractivity contribution is 6.14. The molecule has 2 aromatic carbocycles. The molecule has 0 bridgehead atoms. The van der Waals surface area contributed by atoms with Crippen LogP contribution in [0.25, 0.3) is 22.3 Å². The van der Waals surface area contributed by atoms with Crippen molar-refractivity contribution in [3.8, 4) is 11.3 Å². The van der Waals surface area contributed by atoms with Gasteiger partial charge in [-0.3, -0.25) is 9.48 Å². The Morgan fingerprint density at radius 3 is 2.41 bits per heavy atom. The summed E-state index contributed by atoms with van der Waals surface area (Å²) in [5.74, 6) is -0.0394. The maximum absolute atomic E-state index is 13.7. The maximum atomic E-state index is 13.7. The van der Waals surface area contributed by atoms with Crippen LogP contribution < -0.4 is 4.90 Å². The Bertz CT molecular complexity index is 1190. The molecule has 2 aromatic heterocycles. The fourth-order valence-corrected chi connectivity index (χ4v) is 3.81. The van der Waals surface area contributed by atoms with E-state index >= 15 is 0 Å². The monoisotopic (exact) mass is 384 g/mol. The quantitative estimate of drug-likeness (QED) is 0.502. The third-order valence-electron chi connectivity index (χ3n) is 5.24. The maximum Gasteiger partial charge on any atom is 0.259 e. The Morgan fingerprint density at radius 2 is 1.72 bits per heavy atom. The summed E-state index contributed by atoms with van der Waals surface area (Å²) in [6.45, 7) is 6.52. The van der Waals surface area contributed by atoms with E-state index in [-0.39, 0.29) is 5.91 Å². The van der Waals surface area contributed by atoms with Crippen molar-refractivity contribution in [2.75, 3.05) is 11.4 Å². The standard InChI is InChI=1S/C24H24N4O/c1-5-28(21-14-10-9-11-16(21)2)24(29)19-15-20(18-12-7-6-8-13-18)25-23-22(19)17(3)26-27(23)4/h6-15H,5H2,1-4H3. The van der Waals surface area contributed by atoms with Gasteiger partial charge in [0.25, 0.3) is 5.91 Å². The summed E-state index contributed by atoms with van der Waals surface area (Å²) >= 11 is 0. The molecule has 2 heterocycles. The van der Waals surface area contributed by atoms with Gasteiger partial charge < -0.3 is 4.90 Å². The van der Waals surface area contributed by atoms with Gasteiger partial charge in [0.05, 0.1) is 22.3 Å². The largest absolute Gasteiger partial charge is 0.308 e. The molecule has 5 nitrogen and oxygen atoms in total. The smallest absolute Gasteiger partial charge is 0.259 e. The van der Waals surface area contributed by atoms with Gasteiger partial charge in [0.15, 0.2) is 5.65 Å². The van der Waals surface area contributed by atoms with E-state index in [4.69, 9.17) is 4.98 Å². The second kappa shape index (κ2) is 7.51. The molecule has 4 rings (SSSR count). The summed E-state index contributed by atoms with van der Waals surface area (Å²) in [5.41, 5.74) is 5.88. The molecule has 0 saturated carbocycles. The number of aryl methyl sites for hydroxylation is 3. The molecule has 5 heteroatoms. The van der Waals surface area contributed by atoms with Crippen molar-refractivity contribution in [2.24, 2.45) is 7.05 Å². The van der Waals surface area contributed by atoms with Gasteiger partial charge in [-0.1, -0.05) is 48.5 Å². The molecule has 0 unspecified atom stereocenters. The molecule has 0 spiro atoms. The van der Waals surface area contributed by atoms with Gasteiger partial charge in [-0.05, 0) is 38.5 Å². The fourth-order valence-electron chi connectivity index (χ4n) is 3.81. The number of benzene rings is 2. The van der Waals surface area contributed by atoms with E-state index in [2.05, 4.69) is 5.10 Å². The topological polar surface area (TPSA) is 51.0 Å². The average Bonchev–Trinajstić information content (AvgIpc) is 3.03. The van der Waals surface area contributed by atoms with E-state index in [0.717, 1.165) is 33.6 Å². The van der Waals surface area contributed by atoms with Gasteiger partial charge in [-0.25, -0.2) is 4.98 Å². The lowest BCUT2D eigenvalue weighted by atomic mass is 10.0. The molecule has 0 fully saturated rings. The van der Waals surface area contributed by atoms with Crippen LogP contribution in [0, 0.1) is 13.8 Å². The summed E-state index contributed by atoms with van der Waals surface area (Å²) < 4.78 is 1.75. The van der Waals surface area contributed by atoms with E-state index < -0.39 is 0 Å². The number of rotatable bonds is 4. The zero-order chi connectivity index (χ0) is 20.5. The highest BCUT2D eigenvalue weighted by Gasteiger charge is 2.24. The number of carbonyl (C=O) groups is 1. The molecule has 146 valence electrons. The first-order chi connectivity index (χ1) is 14.0. The highest BCUT2D eigenvalue weighted by atomic mass is 16.2. The number of hydrogen-bond donors (Lipinski definition) is 0. The van der Waals surface area contributed by atoms with Crippen molar-refractivity contribution in [1.82, 2.24) is 14.8 Å². The summed E-state index contributed by atoms with van der Waals surface area (Å²) in [6, 6.07) is 19.8. The first-order valence-corrected chi connectivity index (χ1v) is 9.78. The van der Waals surface area contributed by atoms with E-state index in [1.165, 1.54) is 0 Å². The van der Waals surface area contributed by atoms with Crippen molar-refractivity contribution in [3.05, 3.63) is 77.5 Å². The number of fused-ring (bicyclic) bond motifs is 1. The minimum absolute atomic E-state index is 0.0394. The third kappa shape index (κ3) is 3.29. The van der Waals surface area contributed by atoms with Crippen LogP contribution in [0.2, 0.25) is 0 Å². The summed E-state index contributed by atoms with van der Waals surface area (Å²) in [5, 5.41) is 5.34. The Hall–Kier alpha value is -3.47. The van der Waals surface area contributed by atoms with E-state index in [9.17, 15) is 4.79 Å². The SMILES string of the molecule is CCN(C(=O)c1cc(-c2ccccc2)nc2c1c(C)nn2C)c1ccccc1C. The molecule has 0 N–H and O–H groups in total. The van der Waals surface area contributed by atoms with Crippen LogP contribution in [0.15, 0.2) is 60.7 Å². The van der Waals surface area contributed by atoms with Crippen molar-refractivity contribution in [1.29, 1.82) is 0 Å². The molecule has 0 aliphatic rings. The minimum atomic E-state index is -0.0394. The molecule has 0 aliphatic heterocycles. The van der Waals surface area contributed by atoms with Gasteiger partial charge in [-0.15, -0.1) is 0 Å². The molecule has 0 saturated heterocycles. The molecule has 0 aliphatic carbocycles. The Labute approximate surface area is 170 Å². The van der Waals surface area contributed by atoms with E-state index in [1.807, 2.05) is 93.4 Å². The van der Waals surface area contributed by atoms with E-state index in [1.54, 1.807) is 4.68 Å². The first-order valence-electron chi connectivity index (χ1n) is 9.78. The second-order valence-electron chi connectivity index (χ2n) is 7.16. The Kier molecular flexibility index (Phi) is 4.89. The summed E-state index contributed by atoms with van der Waals surface area (Å²) in [6.07, 6.45) is 0. The van der Waals surface area contributed by atoms with Crippen LogP contribution >= 0.6 is 0 Å². The van der Waals surface area contributed by atoms with Crippen LogP contribution in [0.1, 0.15) is 28.5 Å². The van der Waals surface area contributed by atoms with Gasteiger partial charge in [-0.2, -0.15) is 5.10 Å². The molecule has 29 heavy (non-hydrogen) atoms. The van der Waals surface area contributed by atoms with Crippen molar-refractivity contribution < 1.29 is 4.79 Å². The molecule has 4 aromatic rings. The summed E-state index contributed by atoms with van der Waals surface area (Å²) in [4.78, 5) is 20.4. The number of anilines is 1. The lowest BCUT2D eigenvalue weighted by Gasteiger charge is -2.23. The van der Waals surface area contributed by atoms with Crippen LogP contribution in [0.5, 0.6) is 0 Å². The zero-order valence-corrected chi connectivity index (χ0v) is 17.2. The molecular formula is C24H24N4O. The number of nitrogens with zero attached hydrogens (tertiary/aromatic N) is 4. The van der Waals surface area contributed by atoms with Crippen LogP contribution in [0.3, 0.4) is 0 Å². The molecule has 0 radical (unpaired) electrons. The van der Waals surface area contributed by atoms with Gasteiger partial charge >= 0.3 is 0 Å². The Morgan fingerprint density at radius 1 is 1.03 bits per heavy atom. The highest BCUT2D eigenvalue weighted by Crippen LogP contribution is 2.29. The van der Waals surface area contributed by atoms with Gasteiger partial charge in [0.2, 0.25) is 0 Å². The lowest BCUT2D eigenvalue weighted by molar-refractivity contribution is 0.0989. The number of para-hydroxylation sites is 1. The summed E-state index contributed by atoms with van der Waals surface area (Å²) in [7, 11) is 1.87. The van der Waals surface area contributed by atoms with Crippen LogP contribution in [-0.4, -0.2) is 27.2 Å². The average molecular weight is 384 g/mol. The van der Waals surface area contributed by atoms with Crippen molar-refractivity contribution in [3.63, 3.8) is 0 Å². The predicted octanol–water partition coefficient (Wildman–Crippen LogP) is 4.92. The molecule has 0 atom stereocenters. The van der Waals surface area contributed by atoms with Gasteiger partial charge in [0, 0.05) is 24.8 Å². The predicted molar refractivity (Wildman–Crippen MR) is 117 cm³/mol. The minimum Gasteiger partial charge on any atom is -0.308 e. The van der Waals surface area contributed by atoms with Crippen LogP contribution in [0.4, 0.5) is 5.69 Å². The number of carbonyl (C=O) groups excluding carboxylic acids is 1. The van der Waals surface area contributed by atoms with Crippen molar-refractivity contribution >= 4 is 22.6 Å². The lowest BCUT2D eigenvalue weighted by Crippen LogP contribution is -2.31. The fraction of sp³-hybridized carbons (Fsp3) is 0.208. The number of amides is 1. The molecular weight excluding hydrogens is 360 g/mol. The third-order valence-corrected chi connectivity index (χ3v) is 5.24. The molecule has 1 amide bonds. The van der Waals surface area contributed by atoms with Gasteiger partial charge in [0.1, 0.15) is 0 Å².